The quantitative estimate of drug-likeness (QED) is 0.776. The molecule has 0 spiro atoms. The van der Waals surface area contributed by atoms with Crippen molar-refractivity contribution in [3.8, 4) is 11.1 Å². The fourth-order valence-electron chi connectivity index (χ4n) is 1.83. The third-order valence-electron chi connectivity index (χ3n) is 2.73. The summed E-state index contributed by atoms with van der Waals surface area (Å²) in [5.74, 6) is 0. The van der Waals surface area contributed by atoms with E-state index >= 15 is 0 Å². The van der Waals surface area contributed by atoms with Gasteiger partial charge in [0.05, 0.1) is 0 Å². The summed E-state index contributed by atoms with van der Waals surface area (Å²) in [6.07, 6.45) is 0. The van der Waals surface area contributed by atoms with Crippen molar-refractivity contribution >= 4 is 12.7 Å². The van der Waals surface area contributed by atoms with Crippen LogP contribution in [0.15, 0.2) is 54.6 Å². The summed E-state index contributed by atoms with van der Waals surface area (Å²) in [5, 5.41) is 0. The molecule has 0 aliphatic rings. The highest BCUT2D eigenvalue weighted by molar-refractivity contribution is 7.79. The van der Waals surface area contributed by atoms with Crippen molar-refractivity contribution in [2.45, 2.75) is 0 Å². The summed E-state index contributed by atoms with van der Waals surface area (Å²) in [6, 6.07) is 17.0. The first-order chi connectivity index (χ1) is 8.50. The van der Waals surface area contributed by atoms with E-state index in [1.807, 2.05) is 42.5 Å². The van der Waals surface area contributed by atoms with Gasteiger partial charge in [0, 0.05) is 5.56 Å². The molecule has 0 fully saturated rings. The minimum Gasteiger partial charge on any atom is -0.316 e. The Morgan fingerprint density at radius 3 is 2.06 bits per heavy atom. The highest BCUT2D eigenvalue weighted by Gasteiger charge is 2.23. The Bertz CT molecular complexity index is 611. The van der Waals surface area contributed by atoms with Crippen LogP contribution in [0.25, 0.3) is 11.1 Å². The molecule has 0 N–H and O–H groups in total. The molecule has 2 aromatic carbocycles. The van der Waals surface area contributed by atoms with Crippen molar-refractivity contribution < 1.29 is 9.36 Å². The molecule has 0 aliphatic heterocycles. The Balaban J connectivity index is 2.58. The Kier molecular flexibility index (Phi) is 3.49. The Morgan fingerprint density at radius 2 is 1.44 bits per heavy atom. The average molecular weight is 258 g/mol. The van der Waals surface area contributed by atoms with Gasteiger partial charge >= 0.3 is 0 Å². The maximum atomic E-state index is 12.2. The molecule has 0 saturated carbocycles. The van der Waals surface area contributed by atoms with Gasteiger partial charge in [0.25, 0.3) is 0 Å². The smallest absolute Gasteiger partial charge is 0.221 e. The molecule has 0 heterocycles. The van der Waals surface area contributed by atoms with Gasteiger partial charge in [-0.1, -0.05) is 54.6 Å². The molecule has 0 unspecified atom stereocenters. The highest BCUT2D eigenvalue weighted by atomic mass is 31.2. The Morgan fingerprint density at radius 1 is 0.889 bits per heavy atom. The number of hydrogen-bond acceptors (Lipinski definition) is 2. The zero-order chi connectivity index (χ0) is 13.2. The molecule has 0 radical (unpaired) electrons. The third kappa shape index (κ3) is 2.60. The van der Waals surface area contributed by atoms with Crippen molar-refractivity contribution in [1.82, 2.24) is 0 Å². The van der Waals surface area contributed by atoms with Crippen molar-refractivity contribution in [2.24, 2.45) is 0 Å². The van der Waals surface area contributed by atoms with E-state index in [-0.39, 0.29) is 5.52 Å². The summed E-state index contributed by atoms with van der Waals surface area (Å²) in [6.45, 7) is 3.02. The standard InChI is InChI=1S/C15H15O2P/c1-18(2,17)15(16)14-11-7-6-10-13(14)12-8-4-3-5-9-12/h3-11H,1-2H3. The summed E-state index contributed by atoms with van der Waals surface area (Å²) in [5.41, 5.74) is 2.08. The van der Waals surface area contributed by atoms with E-state index in [2.05, 4.69) is 0 Å². The van der Waals surface area contributed by atoms with Gasteiger partial charge in [-0.25, -0.2) is 0 Å². The van der Waals surface area contributed by atoms with Crippen LogP contribution in [0.3, 0.4) is 0 Å². The Hall–Kier alpha value is -1.66. The second kappa shape index (κ2) is 4.91. The zero-order valence-corrected chi connectivity index (χ0v) is 11.4. The molecule has 0 atom stereocenters. The molecule has 92 valence electrons. The van der Waals surface area contributed by atoms with Crippen LogP contribution in [0.2, 0.25) is 0 Å². The van der Waals surface area contributed by atoms with Crippen LogP contribution in [0.1, 0.15) is 10.4 Å². The van der Waals surface area contributed by atoms with Gasteiger partial charge < -0.3 is 4.57 Å². The van der Waals surface area contributed by atoms with Crippen LogP contribution in [0, 0.1) is 0 Å². The largest absolute Gasteiger partial charge is 0.316 e. The van der Waals surface area contributed by atoms with Gasteiger partial charge in [-0.05, 0) is 24.5 Å². The molecule has 2 nitrogen and oxygen atoms in total. The topological polar surface area (TPSA) is 34.1 Å². The second-order valence-corrected chi connectivity index (χ2v) is 7.68. The number of rotatable bonds is 3. The molecule has 0 aromatic heterocycles. The number of carbonyl (C=O) groups is 1. The van der Waals surface area contributed by atoms with Crippen molar-refractivity contribution in [3.63, 3.8) is 0 Å². The van der Waals surface area contributed by atoms with Gasteiger partial charge in [0.2, 0.25) is 5.52 Å². The third-order valence-corrected chi connectivity index (χ3v) is 3.95. The Labute approximate surface area is 107 Å². The van der Waals surface area contributed by atoms with E-state index in [1.54, 1.807) is 12.1 Å². The predicted molar refractivity (Wildman–Crippen MR) is 75.7 cm³/mol. The average Bonchev–Trinajstić information content (AvgIpc) is 2.38. The van der Waals surface area contributed by atoms with E-state index in [1.165, 1.54) is 13.3 Å². The van der Waals surface area contributed by atoms with Crippen LogP contribution in [0.5, 0.6) is 0 Å². The van der Waals surface area contributed by atoms with E-state index < -0.39 is 7.14 Å². The van der Waals surface area contributed by atoms with E-state index in [0.717, 1.165) is 11.1 Å². The fraction of sp³-hybridized carbons (Fsp3) is 0.133. The molecule has 2 aromatic rings. The molecular formula is C15H15O2P. The SMILES string of the molecule is CP(C)(=O)C(=O)c1ccccc1-c1ccccc1. The first kappa shape index (κ1) is 12.8. The van der Waals surface area contributed by atoms with Crippen molar-refractivity contribution in [1.29, 1.82) is 0 Å². The molecule has 0 aliphatic carbocycles. The van der Waals surface area contributed by atoms with E-state index in [4.69, 9.17) is 0 Å². The fourth-order valence-corrected chi connectivity index (χ4v) is 2.60. The molecular weight excluding hydrogens is 243 g/mol. The van der Waals surface area contributed by atoms with Crippen molar-refractivity contribution in [3.05, 3.63) is 60.2 Å². The molecule has 2 rings (SSSR count). The minimum atomic E-state index is -2.76. The molecule has 0 amide bonds. The van der Waals surface area contributed by atoms with Crippen LogP contribution in [0.4, 0.5) is 0 Å². The maximum Gasteiger partial charge on any atom is 0.221 e. The predicted octanol–water partition coefficient (Wildman–Crippen LogP) is 4.12. The molecule has 0 bridgehead atoms. The number of benzene rings is 2. The molecule has 3 heteroatoms. The molecule has 0 saturated heterocycles. The first-order valence-electron chi connectivity index (χ1n) is 5.74. The second-order valence-electron chi connectivity index (χ2n) is 4.57. The van der Waals surface area contributed by atoms with E-state index in [0.29, 0.717) is 5.56 Å². The lowest BCUT2D eigenvalue weighted by Gasteiger charge is -2.11. The van der Waals surface area contributed by atoms with Gasteiger partial charge in [-0.15, -0.1) is 0 Å². The minimum absolute atomic E-state index is 0.262. The first-order valence-corrected chi connectivity index (χ1v) is 8.34. The van der Waals surface area contributed by atoms with Crippen LogP contribution < -0.4 is 0 Å². The summed E-state index contributed by atoms with van der Waals surface area (Å²) in [4.78, 5) is 12.2. The highest BCUT2D eigenvalue weighted by Crippen LogP contribution is 2.42. The molecule has 18 heavy (non-hydrogen) atoms. The van der Waals surface area contributed by atoms with Crippen LogP contribution in [-0.4, -0.2) is 18.9 Å². The number of hydrogen-bond donors (Lipinski definition) is 0. The van der Waals surface area contributed by atoms with Gasteiger partial charge in [0.1, 0.15) is 7.14 Å². The normalized spacial score (nSPS) is 11.2. The van der Waals surface area contributed by atoms with E-state index in [9.17, 15) is 9.36 Å². The lowest BCUT2D eigenvalue weighted by molar-refractivity contribution is 0.107. The number of carbonyl (C=O) groups excluding carboxylic acids is 1. The summed E-state index contributed by atoms with van der Waals surface area (Å²) >= 11 is 0. The van der Waals surface area contributed by atoms with Gasteiger partial charge in [-0.3, -0.25) is 4.79 Å². The van der Waals surface area contributed by atoms with Crippen LogP contribution >= 0.6 is 7.14 Å². The maximum absolute atomic E-state index is 12.2. The monoisotopic (exact) mass is 258 g/mol. The lowest BCUT2D eigenvalue weighted by Crippen LogP contribution is -2.01. The van der Waals surface area contributed by atoms with Gasteiger partial charge in [0.15, 0.2) is 0 Å². The van der Waals surface area contributed by atoms with Crippen LogP contribution in [-0.2, 0) is 4.57 Å². The summed E-state index contributed by atoms with van der Waals surface area (Å²) in [7, 11) is -2.76. The van der Waals surface area contributed by atoms with Gasteiger partial charge in [-0.2, -0.15) is 0 Å². The zero-order valence-electron chi connectivity index (χ0n) is 10.5. The van der Waals surface area contributed by atoms with Crippen molar-refractivity contribution in [2.75, 3.05) is 13.3 Å². The lowest BCUT2D eigenvalue weighted by atomic mass is 10.0. The summed E-state index contributed by atoms with van der Waals surface area (Å²) < 4.78 is 11.9.